The van der Waals surface area contributed by atoms with Gasteiger partial charge in [-0.15, -0.1) is 11.3 Å². The minimum Gasteiger partial charge on any atom is -0.325 e. The van der Waals surface area contributed by atoms with Gasteiger partial charge in [-0.05, 0) is 24.3 Å². The largest absolute Gasteiger partial charge is 0.325 e. The predicted octanol–water partition coefficient (Wildman–Crippen LogP) is 5.37. The number of amides is 2. The highest BCUT2D eigenvalue weighted by Crippen LogP contribution is 2.30. The van der Waals surface area contributed by atoms with Crippen LogP contribution in [0.15, 0.2) is 52.3 Å². The third-order valence-corrected chi connectivity index (χ3v) is 5.31. The molecule has 3 rings (SSSR count). The number of aromatic nitrogens is 1. The van der Waals surface area contributed by atoms with E-state index in [9.17, 15) is 9.59 Å². The molecule has 1 aromatic heterocycles. The minimum absolute atomic E-state index is 0.118. The van der Waals surface area contributed by atoms with E-state index in [-0.39, 0.29) is 18.2 Å². The average molecular weight is 465 g/mol. The fourth-order valence-electron chi connectivity index (χ4n) is 2.42. The van der Waals surface area contributed by atoms with Crippen molar-refractivity contribution >= 4 is 62.1 Å². The van der Waals surface area contributed by atoms with Gasteiger partial charge in [0, 0.05) is 22.3 Å². The van der Waals surface area contributed by atoms with Crippen molar-refractivity contribution in [2.24, 2.45) is 0 Å². The lowest BCUT2D eigenvalue weighted by Crippen LogP contribution is -2.17. The topological polar surface area (TPSA) is 71.1 Å². The molecule has 0 radical (unpaired) electrons. The molecule has 2 amide bonds. The van der Waals surface area contributed by atoms with Crippen LogP contribution in [-0.2, 0) is 16.0 Å². The molecule has 0 aliphatic carbocycles. The van der Waals surface area contributed by atoms with E-state index in [1.165, 1.54) is 18.3 Å². The van der Waals surface area contributed by atoms with E-state index in [0.29, 0.717) is 22.1 Å². The first-order valence-corrected chi connectivity index (χ1v) is 10.0. The molecule has 3 aromatic rings. The second-order valence-corrected chi connectivity index (χ2v) is 7.90. The highest BCUT2D eigenvalue weighted by atomic mass is 79.9. The molecule has 138 valence electrons. The highest BCUT2D eigenvalue weighted by Gasteiger charge is 2.13. The maximum atomic E-state index is 12.4. The van der Waals surface area contributed by atoms with Crippen molar-refractivity contribution in [1.29, 1.82) is 0 Å². The summed E-state index contributed by atoms with van der Waals surface area (Å²) in [6.07, 6.45) is 0.118. The van der Waals surface area contributed by atoms with E-state index in [4.69, 9.17) is 11.6 Å². The lowest BCUT2D eigenvalue weighted by molar-refractivity contribution is -0.116. The van der Waals surface area contributed by atoms with Crippen LogP contribution in [0.5, 0.6) is 0 Å². The van der Waals surface area contributed by atoms with Gasteiger partial charge in [0.25, 0.3) is 0 Å². The number of nitrogens with zero attached hydrogens (tertiary/aromatic N) is 1. The maximum Gasteiger partial charge on any atom is 0.230 e. The molecule has 1 heterocycles. The summed E-state index contributed by atoms with van der Waals surface area (Å²) in [6, 6.07) is 12.7. The molecule has 8 heteroatoms. The minimum atomic E-state index is -0.226. The Balaban J connectivity index is 1.73. The van der Waals surface area contributed by atoms with Gasteiger partial charge in [0.15, 0.2) is 0 Å². The molecule has 0 atom stereocenters. The van der Waals surface area contributed by atoms with Crippen molar-refractivity contribution < 1.29 is 9.59 Å². The summed E-state index contributed by atoms with van der Waals surface area (Å²) in [5.41, 5.74) is 2.56. The number of carbonyl (C=O) groups excluding carboxylic acids is 2. The van der Waals surface area contributed by atoms with Crippen LogP contribution in [-0.4, -0.2) is 16.8 Å². The normalized spacial score (nSPS) is 10.5. The number of hydrogen-bond donors (Lipinski definition) is 2. The summed E-state index contributed by atoms with van der Waals surface area (Å²) in [5.74, 6) is -0.438. The zero-order valence-corrected chi connectivity index (χ0v) is 17.4. The van der Waals surface area contributed by atoms with E-state index in [0.717, 1.165) is 15.0 Å². The zero-order chi connectivity index (χ0) is 19.4. The van der Waals surface area contributed by atoms with Gasteiger partial charge in [-0.1, -0.05) is 45.7 Å². The lowest BCUT2D eigenvalue weighted by atomic mass is 10.2. The van der Waals surface area contributed by atoms with Crippen molar-refractivity contribution in [2.45, 2.75) is 13.3 Å². The third-order valence-electron chi connectivity index (χ3n) is 3.56. The van der Waals surface area contributed by atoms with Gasteiger partial charge in [0.05, 0.1) is 28.5 Å². The summed E-state index contributed by atoms with van der Waals surface area (Å²) in [6.45, 7) is 1.42. The van der Waals surface area contributed by atoms with E-state index < -0.39 is 0 Å². The summed E-state index contributed by atoms with van der Waals surface area (Å²) >= 11 is 11.0. The van der Waals surface area contributed by atoms with E-state index in [2.05, 4.69) is 31.5 Å². The van der Waals surface area contributed by atoms with Crippen LogP contribution in [0.4, 0.5) is 11.4 Å². The molecule has 0 bridgehead atoms. The first-order chi connectivity index (χ1) is 12.9. The zero-order valence-electron chi connectivity index (χ0n) is 14.3. The molecule has 0 saturated carbocycles. The van der Waals surface area contributed by atoms with E-state index in [1.54, 1.807) is 18.2 Å². The Kier molecular flexibility index (Phi) is 6.26. The number of rotatable bonds is 5. The monoisotopic (exact) mass is 463 g/mol. The Bertz CT molecular complexity index is 1010. The van der Waals surface area contributed by atoms with Crippen molar-refractivity contribution in [1.82, 2.24) is 4.98 Å². The number of anilines is 2. The van der Waals surface area contributed by atoms with E-state index >= 15 is 0 Å². The Hall–Kier alpha value is -2.22. The molecule has 0 spiro atoms. The molecule has 0 aliphatic rings. The van der Waals surface area contributed by atoms with Gasteiger partial charge in [0.1, 0.15) is 5.01 Å². The molecule has 2 N–H and O–H groups in total. The molecule has 0 aliphatic heterocycles. The summed E-state index contributed by atoms with van der Waals surface area (Å²) < 4.78 is 0.793. The smallest absolute Gasteiger partial charge is 0.230 e. The first-order valence-electron chi connectivity index (χ1n) is 7.98. The van der Waals surface area contributed by atoms with Gasteiger partial charge in [0.2, 0.25) is 11.8 Å². The molecule has 27 heavy (non-hydrogen) atoms. The van der Waals surface area contributed by atoms with Gasteiger partial charge in [-0.25, -0.2) is 4.98 Å². The van der Waals surface area contributed by atoms with Gasteiger partial charge in [-0.2, -0.15) is 0 Å². The summed E-state index contributed by atoms with van der Waals surface area (Å²) in [4.78, 5) is 28.3. The molecule has 0 unspecified atom stereocenters. The van der Waals surface area contributed by atoms with Gasteiger partial charge < -0.3 is 10.6 Å². The molecule has 2 aromatic carbocycles. The summed E-state index contributed by atoms with van der Waals surface area (Å²) in [7, 11) is 0. The average Bonchev–Trinajstić information content (AvgIpc) is 3.05. The van der Waals surface area contributed by atoms with Crippen LogP contribution in [0.1, 0.15) is 12.6 Å². The molecular formula is C19H15BrClN3O2S. The third kappa shape index (κ3) is 5.15. The second-order valence-electron chi connectivity index (χ2n) is 5.72. The van der Waals surface area contributed by atoms with E-state index in [1.807, 2.05) is 29.6 Å². The Labute approximate surface area is 173 Å². The van der Waals surface area contributed by atoms with Crippen molar-refractivity contribution in [3.8, 4) is 10.6 Å². The van der Waals surface area contributed by atoms with Crippen molar-refractivity contribution in [2.75, 3.05) is 10.6 Å². The van der Waals surface area contributed by atoms with Crippen LogP contribution in [0.25, 0.3) is 10.6 Å². The lowest BCUT2D eigenvalue weighted by Gasteiger charge is -2.11. The molecule has 5 nitrogen and oxygen atoms in total. The Morgan fingerprint density at radius 3 is 2.67 bits per heavy atom. The standard InChI is InChI=1S/C19H15BrClN3O2S/c1-11(25)22-16-7-6-12(20)8-17(16)24-18(26)9-13-10-27-19(23-13)14-4-2-3-5-15(14)21/h2-8,10H,9H2,1H3,(H,22,25)(H,24,26). The number of benzene rings is 2. The molecule has 0 fully saturated rings. The Morgan fingerprint density at radius 2 is 1.93 bits per heavy atom. The van der Waals surface area contributed by atoms with Crippen molar-refractivity contribution in [3.05, 3.63) is 63.0 Å². The second kappa shape index (κ2) is 8.65. The highest BCUT2D eigenvalue weighted by molar-refractivity contribution is 9.10. The maximum absolute atomic E-state index is 12.4. The van der Waals surface area contributed by atoms with Crippen LogP contribution in [0.2, 0.25) is 5.02 Å². The SMILES string of the molecule is CC(=O)Nc1ccc(Br)cc1NC(=O)Cc1csc(-c2ccccc2Cl)n1. The number of thiazole rings is 1. The predicted molar refractivity (Wildman–Crippen MR) is 113 cm³/mol. The van der Waals surface area contributed by atoms with Crippen LogP contribution in [0, 0.1) is 0 Å². The first kappa shape index (κ1) is 19.5. The fourth-order valence-corrected chi connectivity index (χ4v) is 3.92. The van der Waals surface area contributed by atoms with Crippen molar-refractivity contribution in [3.63, 3.8) is 0 Å². The van der Waals surface area contributed by atoms with Crippen LogP contribution in [0.3, 0.4) is 0 Å². The number of carbonyl (C=O) groups is 2. The van der Waals surface area contributed by atoms with Crippen LogP contribution >= 0.6 is 38.9 Å². The number of nitrogens with one attached hydrogen (secondary N) is 2. The van der Waals surface area contributed by atoms with Crippen LogP contribution < -0.4 is 10.6 Å². The molecular weight excluding hydrogens is 450 g/mol. The number of halogens is 2. The molecule has 0 saturated heterocycles. The fraction of sp³-hybridized carbons (Fsp3) is 0.105. The van der Waals surface area contributed by atoms with Gasteiger partial charge in [-0.3, -0.25) is 9.59 Å². The van der Waals surface area contributed by atoms with Gasteiger partial charge >= 0.3 is 0 Å². The quantitative estimate of drug-likeness (QED) is 0.533. The number of hydrogen-bond acceptors (Lipinski definition) is 4. The summed E-state index contributed by atoms with van der Waals surface area (Å²) in [5, 5.41) is 8.75. The Morgan fingerprint density at radius 1 is 1.15 bits per heavy atom.